The van der Waals surface area contributed by atoms with Crippen LogP contribution in [-0.2, 0) is 19.6 Å². The Morgan fingerprint density at radius 2 is 1.86 bits per heavy atom. The molecule has 0 radical (unpaired) electrons. The molecule has 2 aromatic carbocycles. The number of amides is 1. The molecule has 2 atom stereocenters. The number of benzene rings is 2. The highest BCUT2D eigenvalue weighted by Crippen LogP contribution is 2.37. The summed E-state index contributed by atoms with van der Waals surface area (Å²) in [5, 5.41) is 0.00387. The zero-order valence-electron chi connectivity index (χ0n) is 20.9. The normalized spacial score (nSPS) is 19.0. The Kier molecular flexibility index (Phi) is 10.5. The van der Waals surface area contributed by atoms with Crippen LogP contribution in [0.5, 0.6) is 5.75 Å². The molecule has 204 valence electrons. The first-order chi connectivity index (χ1) is 17.4. The van der Waals surface area contributed by atoms with Crippen LogP contribution in [0.2, 0.25) is 10.0 Å². The first-order valence-corrected chi connectivity index (χ1v) is 15.0. The number of nitrogens with one attached hydrogen (secondary N) is 1. The quantitative estimate of drug-likeness (QED) is 0.350. The van der Waals surface area contributed by atoms with Crippen LogP contribution in [0.3, 0.4) is 0 Å². The van der Waals surface area contributed by atoms with E-state index in [0.29, 0.717) is 25.2 Å². The summed E-state index contributed by atoms with van der Waals surface area (Å²) >= 11 is 14.3. The molecule has 1 N–H and O–H groups in total. The summed E-state index contributed by atoms with van der Waals surface area (Å²) in [6.45, 7) is 2.69. The summed E-state index contributed by atoms with van der Waals surface area (Å²) in [7, 11) is -0.371. The van der Waals surface area contributed by atoms with E-state index in [4.69, 9.17) is 32.7 Å². The predicted octanol–water partition coefficient (Wildman–Crippen LogP) is 5.39. The van der Waals surface area contributed by atoms with E-state index in [1.165, 1.54) is 36.0 Å². The van der Waals surface area contributed by atoms with Gasteiger partial charge >= 0.3 is 0 Å². The van der Waals surface area contributed by atoms with E-state index in [2.05, 4.69) is 4.72 Å². The molecule has 1 aliphatic rings. The summed E-state index contributed by atoms with van der Waals surface area (Å²) in [5.74, 6) is -0.364. The van der Waals surface area contributed by atoms with Gasteiger partial charge in [0.2, 0.25) is 0 Å². The Morgan fingerprint density at radius 1 is 1.22 bits per heavy atom. The number of halogens is 3. The maximum absolute atomic E-state index is 13.2. The lowest BCUT2D eigenvalue weighted by Crippen LogP contribution is -2.50. The summed E-state index contributed by atoms with van der Waals surface area (Å²) in [6, 6.07) is 8.58. The van der Waals surface area contributed by atoms with Crippen molar-refractivity contribution < 1.29 is 27.1 Å². The molecular weight excluding hydrogens is 562 g/mol. The van der Waals surface area contributed by atoms with E-state index in [-0.39, 0.29) is 32.6 Å². The fraction of sp³-hybridized carbons (Fsp3) is 0.480. The number of sulfonamides is 1. The number of carbonyl (C=O) groups is 1. The average molecular weight is 594 g/mol. The Labute approximate surface area is 232 Å². The maximum Gasteiger partial charge on any atom is 0.265 e. The lowest BCUT2D eigenvalue weighted by molar-refractivity contribution is -0.148. The van der Waals surface area contributed by atoms with Crippen LogP contribution >= 0.6 is 35.0 Å². The van der Waals surface area contributed by atoms with Crippen LogP contribution in [0.25, 0.3) is 0 Å². The number of nitrogens with zero attached hydrogens (tertiary/aromatic N) is 1. The summed E-state index contributed by atoms with van der Waals surface area (Å²) in [6.07, 6.45) is 2.33. The lowest BCUT2D eigenvalue weighted by atomic mass is 9.95. The number of hydrogen-bond acceptors (Lipinski definition) is 7. The van der Waals surface area contributed by atoms with Gasteiger partial charge in [0, 0.05) is 23.8 Å². The first kappa shape index (κ1) is 30.0. The minimum Gasteiger partial charge on any atom is -0.486 e. The van der Waals surface area contributed by atoms with Gasteiger partial charge in [-0.15, -0.1) is 11.8 Å². The molecule has 0 spiro atoms. The molecule has 3 rings (SSSR count). The van der Waals surface area contributed by atoms with E-state index in [0.717, 1.165) is 24.3 Å². The monoisotopic (exact) mass is 592 g/mol. The highest BCUT2D eigenvalue weighted by atomic mass is 35.5. The SMILES string of the molecule is CN(C)CC[C@H](CSc1ccc(F)cc1)Oc1c(Cl)cc(S(=O)(=O)NC(=O)[C@@]2(C)CCCCO2)cc1Cl. The second-order valence-electron chi connectivity index (χ2n) is 9.28. The van der Waals surface area contributed by atoms with Crippen LogP contribution in [0.4, 0.5) is 4.39 Å². The summed E-state index contributed by atoms with van der Waals surface area (Å²) in [5.41, 5.74) is -1.22. The highest BCUT2D eigenvalue weighted by Gasteiger charge is 2.38. The van der Waals surface area contributed by atoms with Crippen LogP contribution in [0.1, 0.15) is 32.6 Å². The smallest absolute Gasteiger partial charge is 0.265 e. The number of carbonyl (C=O) groups excluding carboxylic acids is 1. The van der Waals surface area contributed by atoms with Crippen LogP contribution in [-0.4, -0.2) is 63.9 Å². The second-order valence-corrected chi connectivity index (χ2v) is 12.9. The van der Waals surface area contributed by atoms with E-state index in [9.17, 15) is 17.6 Å². The summed E-state index contributed by atoms with van der Waals surface area (Å²) in [4.78, 5) is 15.3. The Balaban J connectivity index is 1.75. The Hall–Kier alpha value is -1.56. The van der Waals surface area contributed by atoms with Crippen molar-refractivity contribution >= 4 is 50.9 Å². The molecule has 1 amide bonds. The molecule has 0 unspecified atom stereocenters. The van der Waals surface area contributed by atoms with Gasteiger partial charge in [0.05, 0.1) is 14.9 Å². The van der Waals surface area contributed by atoms with Gasteiger partial charge in [0.25, 0.3) is 15.9 Å². The molecule has 37 heavy (non-hydrogen) atoms. The third-order valence-corrected chi connectivity index (χ3v) is 8.91. The van der Waals surface area contributed by atoms with Crippen molar-refractivity contribution in [1.29, 1.82) is 0 Å². The largest absolute Gasteiger partial charge is 0.486 e. The van der Waals surface area contributed by atoms with Crippen molar-refractivity contribution in [3.8, 4) is 5.75 Å². The molecule has 0 saturated carbocycles. The van der Waals surface area contributed by atoms with Gasteiger partial charge in [0.1, 0.15) is 17.5 Å². The maximum atomic E-state index is 13.2. The molecule has 0 bridgehead atoms. The van der Waals surface area contributed by atoms with Crippen molar-refractivity contribution in [1.82, 2.24) is 9.62 Å². The molecule has 7 nitrogen and oxygen atoms in total. The van der Waals surface area contributed by atoms with Gasteiger partial charge in [-0.2, -0.15) is 0 Å². The fourth-order valence-electron chi connectivity index (χ4n) is 3.67. The summed E-state index contributed by atoms with van der Waals surface area (Å²) < 4.78 is 52.9. The standard InChI is InChI=1S/C25H31Cl2FN2O5S2/c1-25(11-4-5-13-34-25)24(31)29-37(32,33)20-14-21(26)23(22(27)15-20)35-18(10-12-30(2)3)16-36-19-8-6-17(28)7-9-19/h6-9,14-15,18H,4-5,10-13,16H2,1-3H3,(H,29,31)/t18-,25-/m1/s1. The predicted molar refractivity (Wildman–Crippen MR) is 145 cm³/mol. The molecule has 1 heterocycles. The van der Waals surface area contributed by atoms with E-state index >= 15 is 0 Å². The van der Waals surface area contributed by atoms with Gasteiger partial charge in [-0.05, 0) is 83.1 Å². The fourth-order valence-corrected chi connectivity index (χ4v) is 6.44. The minimum atomic E-state index is -4.25. The van der Waals surface area contributed by atoms with Crippen LogP contribution in [0.15, 0.2) is 46.2 Å². The van der Waals surface area contributed by atoms with Gasteiger partial charge in [0.15, 0.2) is 5.75 Å². The van der Waals surface area contributed by atoms with Crippen LogP contribution in [0, 0.1) is 5.82 Å². The van der Waals surface area contributed by atoms with Crippen molar-refractivity contribution in [3.63, 3.8) is 0 Å². The number of hydrogen-bond donors (Lipinski definition) is 1. The van der Waals surface area contributed by atoms with Crippen molar-refractivity contribution in [2.24, 2.45) is 0 Å². The van der Waals surface area contributed by atoms with E-state index in [1.807, 2.05) is 19.0 Å². The van der Waals surface area contributed by atoms with Gasteiger partial charge in [-0.1, -0.05) is 23.2 Å². The molecule has 1 fully saturated rings. The van der Waals surface area contributed by atoms with Crippen molar-refractivity contribution in [3.05, 3.63) is 52.3 Å². The molecule has 2 aromatic rings. The zero-order valence-corrected chi connectivity index (χ0v) is 24.1. The highest BCUT2D eigenvalue weighted by molar-refractivity contribution is 7.99. The third kappa shape index (κ3) is 8.46. The Bertz CT molecular complexity index is 1170. The van der Waals surface area contributed by atoms with E-state index < -0.39 is 21.5 Å². The molecule has 1 aliphatic heterocycles. The number of rotatable bonds is 11. The third-order valence-electron chi connectivity index (χ3n) is 5.89. The van der Waals surface area contributed by atoms with Gasteiger partial charge < -0.3 is 14.4 Å². The van der Waals surface area contributed by atoms with Gasteiger partial charge in [-0.25, -0.2) is 17.5 Å². The molecule has 1 saturated heterocycles. The van der Waals surface area contributed by atoms with Crippen molar-refractivity contribution in [2.45, 2.75) is 54.1 Å². The van der Waals surface area contributed by atoms with Crippen molar-refractivity contribution in [2.75, 3.05) is 33.0 Å². The average Bonchev–Trinajstić information content (AvgIpc) is 2.83. The number of thioether (sulfide) groups is 1. The first-order valence-electron chi connectivity index (χ1n) is 11.8. The van der Waals surface area contributed by atoms with Gasteiger partial charge in [-0.3, -0.25) is 4.79 Å². The molecular formula is C25H31Cl2FN2O5S2. The zero-order chi connectivity index (χ0) is 27.2. The molecule has 0 aromatic heterocycles. The lowest BCUT2D eigenvalue weighted by Gasteiger charge is -2.32. The van der Waals surface area contributed by atoms with E-state index in [1.54, 1.807) is 19.1 Å². The Morgan fingerprint density at radius 3 is 2.43 bits per heavy atom. The number of ether oxygens (including phenoxy) is 2. The second kappa shape index (κ2) is 13.0. The molecule has 12 heteroatoms. The minimum absolute atomic E-state index is 0.00193. The topological polar surface area (TPSA) is 84.9 Å². The van der Waals surface area contributed by atoms with Crippen LogP contribution < -0.4 is 9.46 Å². The molecule has 0 aliphatic carbocycles.